The lowest BCUT2D eigenvalue weighted by atomic mass is 10.3. The fourth-order valence-corrected chi connectivity index (χ4v) is 0.988. The number of benzene rings is 1. The Hall–Kier alpha value is -1.82. The van der Waals surface area contributed by atoms with E-state index in [1.54, 1.807) is 31.3 Å². The van der Waals surface area contributed by atoms with Crippen LogP contribution >= 0.6 is 12.2 Å². The van der Waals surface area contributed by atoms with Crippen LogP contribution in [0.5, 0.6) is 11.5 Å². The summed E-state index contributed by atoms with van der Waals surface area (Å²) < 4.78 is 10.1. The van der Waals surface area contributed by atoms with Gasteiger partial charge in [-0.15, -0.1) is 0 Å². The summed E-state index contributed by atoms with van der Waals surface area (Å²) in [4.78, 5) is 10.9. The second kappa shape index (κ2) is 5.92. The summed E-state index contributed by atoms with van der Waals surface area (Å²) in [6.45, 7) is 0. The van der Waals surface area contributed by atoms with E-state index in [1.165, 1.54) is 7.05 Å². The number of hydrogen-bond donors (Lipinski definition) is 2. The molecule has 0 atom stereocenters. The molecule has 0 unspecified atom stereocenters. The van der Waals surface area contributed by atoms with Gasteiger partial charge in [-0.3, -0.25) is 0 Å². The van der Waals surface area contributed by atoms with Crippen molar-refractivity contribution in [2.24, 2.45) is 0 Å². The summed E-state index contributed by atoms with van der Waals surface area (Å²) in [7, 11) is 3.16. The lowest BCUT2D eigenvalue weighted by Crippen LogP contribution is -2.22. The maximum absolute atomic E-state index is 10.9. The lowest BCUT2D eigenvalue weighted by Gasteiger charge is -2.07. The van der Waals surface area contributed by atoms with Crippen LogP contribution in [-0.4, -0.2) is 25.4 Å². The molecule has 0 bridgehead atoms. The van der Waals surface area contributed by atoms with Crippen LogP contribution in [0.15, 0.2) is 24.3 Å². The third-order valence-corrected chi connectivity index (χ3v) is 1.94. The minimum atomic E-state index is -0.514. The van der Waals surface area contributed by atoms with Gasteiger partial charge in [-0.2, -0.15) is 0 Å². The summed E-state index contributed by atoms with van der Waals surface area (Å²) in [5.74, 6) is 1.01. The topological polar surface area (TPSA) is 59.6 Å². The fraction of sp³-hybridized carbons (Fsp3) is 0.200. The van der Waals surface area contributed by atoms with E-state index in [0.717, 1.165) is 0 Å². The molecule has 86 valence electrons. The Morgan fingerprint density at radius 3 is 2.00 bits per heavy atom. The summed E-state index contributed by atoms with van der Waals surface area (Å²) in [5, 5.41) is 5.31. The quantitative estimate of drug-likeness (QED) is 0.763. The van der Waals surface area contributed by atoms with Crippen molar-refractivity contribution in [3.8, 4) is 11.5 Å². The first-order valence-corrected chi connectivity index (χ1v) is 4.95. The molecule has 0 aliphatic carbocycles. The summed E-state index contributed by atoms with van der Waals surface area (Å²) in [6.07, 6.45) is -0.514. The standard InChI is InChI=1S/C10H12N2O3S/c1-11-9(13)14-7-3-5-8(6-4-7)15-10(16)12-2/h3-6H,1-2H3,(H,11,13)(H,12,16). The van der Waals surface area contributed by atoms with E-state index in [2.05, 4.69) is 10.6 Å². The smallest absolute Gasteiger partial charge is 0.412 e. The molecule has 2 N–H and O–H groups in total. The highest BCUT2D eigenvalue weighted by Crippen LogP contribution is 2.17. The SMILES string of the molecule is CNC(=O)Oc1ccc(OC(=S)NC)cc1. The number of carbonyl (C=O) groups is 1. The van der Waals surface area contributed by atoms with Crippen molar-refractivity contribution in [1.29, 1.82) is 0 Å². The molecule has 16 heavy (non-hydrogen) atoms. The van der Waals surface area contributed by atoms with Crippen molar-refractivity contribution >= 4 is 23.5 Å². The monoisotopic (exact) mass is 240 g/mol. The molecular formula is C10H12N2O3S. The highest BCUT2D eigenvalue weighted by atomic mass is 32.1. The molecule has 0 aromatic heterocycles. The minimum absolute atomic E-state index is 0.278. The predicted molar refractivity (Wildman–Crippen MR) is 63.8 cm³/mol. The second-order valence-electron chi connectivity index (χ2n) is 2.75. The van der Waals surface area contributed by atoms with E-state index in [0.29, 0.717) is 11.5 Å². The van der Waals surface area contributed by atoms with Crippen LogP contribution in [0.25, 0.3) is 0 Å². The van der Waals surface area contributed by atoms with Crippen LogP contribution < -0.4 is 20.1 Å². The van der Waals surface area contributed by atoms with Gasteiger partial charge in [0.2, 0.25) is 0 Å². The van der Waals surface area contributed by atoms with Gasteiger partial charge in [0.1, 0.15) is 11.5 Å². The van der Waals surface area contributed by atoms with Crippen LogP contribution in [0.3, 0.4) is 0 Å². The first-order valence-electron chi connectivity index (χ1n) is 4.55. The van der Waals surface area contributed by atoms with Crippen LogP contribution in [0.1, 0.15) is 0 Å². The summed E-state index contributed by atoms with van der Waals surface area (Å²) >= 11 is 4.83. The number of ether oxygens (including phenoxy) is 2. The fourth-order valence-electron chi connectivity index (χ4n) is 0.892. The minimum Gasteiger partial charge on any atom is -0.432 e. The van der Waals surface area contributed by atoms with Crippen LogP contribution in [0.2, 0.25) is 0 Å². The van der Waals surface area contributed by atoms with Gasteiger partial charge in [0.05, 0.1) is 0 Å². The van der Waals surface area contributed by atoms with Gasteiger partial charge in [-0.25, -0.2) is 4.79 Å². The number of rotatable bonds is 2. The molecule has 1 aromatic rings. The average Bonchev–Trinajstić information content (AvgIpc) is 2.31. The normalized spacial score (nSPS) is 9.12. The zero-order valence-corrected chi connectivity index (χ0v) is 9.76. The highest BCUT2D eigenvalue weighted by molar-refractivity contribution is 7.80. The van der Waals surface area contributed by atoms with E-state index in [1.807, 2.05) is 0 Å². The molecule has 0 aliphatic rings. The van der Waals surface area contributed by atoms with Crippen molar-refractivity contribution < 1.29 is 14.3 Å². The first kappa shape index (κ1) is 12.3. The predicted octanol–water partition coefficient (Wildman–Crippen LogP) is 1.29. The Kier molecular flexibility index (Phi) is 4.53. The molecule has 1 aromatic carbocycles. The number of thiocarbonyl (C=S) groups is 1. The molecule has 0 saturated carbocycles. The Balaban J connectivity index is 2.60. The number of carbonyl (C=O) groups excluding carboxylic acids is 1. The molecule has 1 amide bonds. The Morgan fingerprint density at radius 2 is 1.56 bits per heavy atom. The van der Waals surface area contributed by atoms with Crippen LogP contribution in [0, 0.1) is 0 Å². The molecular weight excluding hydrogens is 228 g/mol. The molecule has 0 saturated heterocycles. The molecule has 5 nitrogen and oxygen atoms in total. The van der Waals surface area contributed by atoms with Gasteiger partial charge in [0.15, 0.2) is 0 Å². The van der Waals surface area contributed by atoms with Gasteiger partial charge in [0.25, 0.3) is 5.17 Å². The van der Waals surface area contributed by atoms with E-state index >= 15 is 0 Å². The van der Waals surface area contributed by atoms with Gasteiger partial charge in [0, 0.05) is 14.1 Å². The van der Waals surface area contributed by atoms with Crippen LogP contribution in [0.4, 0.5) is 4.79 Å². The Bertz CT molecular complexity index is 341. The zero-order valence-electron chi connectivity index (χ0n) is 8.94. The highest BCUT2D eigenvalue weighted by Gasteiger charge is 2.02. The molecule has 6 heteroatoms. The van der Waals surface area contributed by atoms with E-state index < -0.39 is 6.09 Å². The molecule has 0 fully saturated rings. The zero-order chi connectivity index (χ0) is 12.0. The van der Waals surface area contributed by atoms with Crippen molar-refractivity contribution in [2.45, 2.75) is 0 Å². The molecule has 1 rings (SSSR count). The number of hydrogen-bond acceptors (Lipinski definition) is 4. The van der Waals surface area contributed by atoms with Crippen LogP contribution in [-0.2, 0) is 0 Å². The van der Waals surface area contributed by atoms with Crippen molar-refractivity contribution in [2.75, 3.05) is 14.1 Å². The Morgan fingerprint density at radius 1 is 1.06 bits per heavy atom. The van der Waals surface area contributed by atoms with Crippen molar-refractivity contribution in [3.05, 3.63) is 24.3 Å². The maximum Gasteiger partial charge on any atom is 0.412 e. The molecule has 0 radical (unpaired) electrons. The number of nitrogens with one attached hydrogen (secondary N) is 2. The molecule has 0 spiro atoms. The Labute approximate surface area is 98.7 Å². The van der Waals surface area contributed by atoms with E-state index in [-0.39, 0.29) is 5.17 Å². The average molecular weight is 240 g/mol. The van der Waals surface area contributed by atoms with Crippen molar-refractivity contribution in [1.82, 2.24) is 10.6 Å². The summed E-state index contributed by atoms with van der Waals surface area (Å²) in [5.41, 5.74) is 0. The second-order valence-corrected chi connectivity index (χ2v) is 3.12. The number of amides is 1. The third-order valence-electron chi connectivity index (χ3n) is 1.65. The first-order chi connectivity index (χ1) is 7.65. The van der Waals surface area contributed by atoms with Crippen molar-refractivity contribution in [3.63, 3.8) is 0 Å². The van der Waals surface area contributed by atoms with E-state index in [9.17, 15) is 4.79 Å². The molecule has 0 heterocycles. The van der Waals surface area contributed by atoms with Gasteiger partial charge >= 0.3 is 6.09 Å². The van der Waals surface area contributed by atoms with Gasteiger partial charge < -0.3 is 20.1 Å². The molecule has 0 aliphatic heterocycles. The van der Waals surface area contributed by atoms with E-state index in [4.69, 9.17) is 21.7 Å². The third kappa shape index (κ3) is 3.74. The maximum atomic E-state index is 10.9. The van der Waals surface area contributed by atoms with Gasteiger partial charge in [-0.05, 0) is 36.5 Å². The largest absolute Gasteiger partial charge is 0.432 e. The lowest BCUT2D eigenvalue weighted by molar-refractivity contribution is 0.203. The van der Waals surface area contributed by atoms with Gasteiger partial charge in [-0.1, -0.05) is 0 Å². The summed E-state index contributed by atoms with van der Waals surface area (Å²) in [6, 6.07) is 6.54.